The number of carbonyl (C=O) groups excluding carboxylic acids is 4. The van der Waals surface area contributed by atoms with Crippen LogP contribution in [-0.4, -0.2) is 35.7 Å². The summed E-state index contributed by atoms with van der Waals surface area (Å²) in [6, 6.07) is 19.3. The first kappa shape index (κ1) is 24.4. The first-order valence-corrected chi connectivity index (χ1v) is 14.8. The number of fused-ring (bicyclic) bond motifs is 2. The van der Waals surface area contributed by atoms with Gasteiger partial charge in [0.15, 0.2) is 11.6 Å². The highest BCUT2D eigenvalue weighted by atomic mass is 16.6. The zero-order valence-electron chi connectivity index (χ0n) is 22.6. The van der Waals surface area contributed by atoms with Crippen LogP contribution in [-0.2, 0) is 38.1 Å². The van der Waals surface area contributed by atoms with Crippen LogP contribution in [0.3, 0.4) is 0 Å². The molecule has 3 saturated heterocycles. The van der Waals surface area contributed by atoms with Crippen molar-refractivity contribution in [2.45, 2.75) is 50.1 Å². The molecule has 2 aromatic rings. The van der Waals surface area contributed by atoms with Crippen LogP contribution in [0.2, 0.25) is 0 Å². The molecule has 42 heavy (non-hydrogen) atoms. The van der Waals surface area contributed by atoms with Crippen LogP contribution in [0.5, 0.6) is 0 Å². The van der Waals surface area contributed by atoms with E-state index in [1.54, 1.807) is 0 Å². The van der Waals surface area contributed by atoms with Gasteiger partial charge in [-0.2, -0.15) is 0 Å². The molecule has 0 radical (unpaired) electrons. The molecule has 8 heteroatoms. The second-order valence-electron chi connectivity index (χ2n) is 12.6. The monoisotopic (exact) mass is 564 g/mol. The Labute approximate surface area is 241 Å². The van der Waals surface area contributed by atoms with E-state index in [9.17, 15) is 19.2 Å². The fourth-order valence-electron chi connectivity index (χ4n) is 9.35. The van der Waals surface area contributed by atoms with Crippen molar-refractivity contribution in [3.8, 4) is 0 Å². The molecule has 8 nitrogen and oxygen atoms in total. The van der Waals surface area contributed by atoms with E-state index in [4.69, 9.17) is 18.9 Å². The smallest absolute Gasteiger partial charge is 0.306 e. The van der Waals surface area contributed by atoms with Gasteiger partial charge in [-0.15, -0.1) is 0 Å². The number of ketones is 2. The highest BCUT2D eigenvalue weighted by molar-refractivity contribution is 6.00. The summed E-state index contributed by atoms with van der Waals surface area (Å²) < 4.78 is 25.4. The van der Waals surface area contributed by atoms with E-state index in [0.29, 0.717) is 17.1 Å². The Balaban J connectivity index is 1.25. The van der Waals surface area contributed by atoms with E-state index in [-0.39, 0.29) is 61.0 Å². The summed E-state index contributed by atoms with van der Waals surface area (Å²) in [5.74, 6) is -2.11. The predicted octanol–water partition coefficient (Wildman–Crippen LogP) is 4.33. The Bertz CT molecular complexity index is 1630. The third kappa shape index (κ3) is 3.02. The number of carbonyl (C=O) groups is 4. The largest absolute Gasteiger partial charge is 0.489 e. The van der Waals surface area contributed by atoms with Crippen LogP contribution in [0.1, 0.15) is 49.0 Å². The van der Waals surface area contributed by atoms with Gasteiger partial charge < -0.3 is 18.9 Å². The molecule has 0 aromatic heterocycles. The molecule has 0 amide bonds. The minimum absolute atomic E-state index is 0.0530. The standard InChI is InChI=1S/C34H28O8/c35-21-14-22(16-7-3-1-4-8-16)40-33-28(21)19-12-26(37)42-32(19)29-18-11-25-34(30(29)33,20-13-27(38)41-31(18)20)24(36)15-23(39-25)17-9-5-2-6-10-17/h1-11,18-20,22-23,29-32H,12-15H2/t18?,19-,20+,22-,23+,29-,30?,31+,32-,34?/m1/s1. The van der Waals surface area contributed by atoms with E-state index in [1.165, 1.54) is 0 Å². The Kier molecular flexibility index (Phi) is 4.90. The average Bonchev–Trinajstić information content (AvgIpc) is 3.60. The van der Waals surface area contributed by atoms with E-state index >= 15 is 0 Å². The second kappa shape index (κ2) is 8.43. The Morgan fingerprint density at radius 2 is 1.31 bits per heavy atom. The molecule has 4 heterocycles. The minimum Gasteiger partial charge on any atom is -0.489 e. The van der Waals surface area contributed by atoms with Crippen LogP contribution in [0, 0.1) is 35.0 Å². The highest BCUT2D eigenvalue weighted by Gasteiger charge is 2.77. The lowest BCUT2D eigenvalue weighted by molar-refractivity contribution is -0.198. The molecular formula is C34H28O8. The predicted molar refractivity (Wildman–Crippen MR) is 144 cm³/mol. The lowest BCUT2D eigenvalue weighted by Crippen LogP contribution is -2.68. The Hall–Kier alpha value is -4.20. The van der Waals surface area contributed by atoms with Crippen molar-refractivity contribution in [2.75, 3.05) is 0 Å². The van der Waals surface area contributed by atoms with Crippen molar-refractivity contribution in [3.63, 3.8) is 0 Å². The maximum Gasteiger partial charge on any atom is 0.306 e. The molecule has 4 aliphatic carbocycles. The van der Waals surface area contributed by atoms with Crippen molar-refractivity contribution >= 4 is 23.5 Å². The van der Waals surface area contributed by atoms with Crippen molar-refractivity contribution in [3.05, 3.63) is 95.0 Å². The molecule has 2 bridgehead atoms. The van der Waals surface area contributed by atoms with Gasteiger partial charge in [0, 0.05) is 41.6 Å². The van der Waals surface area contributed by atoms with Gasteiger partial charge in [0.05, 0.1) is 19.3 Å². The van der Waals surface area contributed by atoms with E-state index in [2.05, 4.69) is 0 Å². The minimum atomic E-state index is -1.26. The number of hydrogen-bond donors (Lipinski definition) is 0. The number of Topliss-reactive ketones (excluding diaryl/α,β-unsaturated/α-hetero) is 2. The summed E-state index contributed by atoms with van der Waals surface area (Å²) in [5.41, 5.74) is 0.981. The molecule has 10 atom stereocenters. The first-order chi connectivity index (χ1) is 20.4. The third-order valence-corrected chi connectivity index (χ3v) is 10.8. The van der Waals surface area contributed by atoms with Crippen LogP contribution < -0.4 is 0 Å². The number of allylic oxidation sites excluding steroid dienone is 2. The summed E-state index contributed by atoms with van der Waals surface area (Å²) in [6.07, 6.45) is 0.251. The second-order valence-corrected chi connectivity index (χ2v) is 12.6. The summed E-state index contributed by atoms with van der Waals surface area (Å²) in [6.45, 7) is 0. The summed E-state index contributed by atoms with van der Waals surface area (Å²) >= 11 is 0. The van der Waals surface area contributed by atoms with Crippen LogP contribution >= 0.6 is 0 Å². The molecule has 2 aromatic carbocycles. The van der Waals surface area contributed by atoms with Gasteiger partial charge in [-0.1, -0.05) is 60.7 Å². The van der Waals surface area contributed by atoms with Gasteiger partial charge in [-0.3, -0.25) is 19.2 Å². The molecule has 10 rings (SSSR count). The highest BCUT2D eigenvalue weighted by Crippen LogP contribution is 2.71. The van der Waals surface area contributed by atoms with Crippen LogP contribution in [0.15, 0.2) is 83.8 Å². The molecule has 4 fully saturated rings. The molecule has 3 unspecified atom stereocenters. The summed E-state index contributed by atoms with van der Waals surface area (Å²) in [4.78, 5) is 54.4. The average molecular weight is 565 g/mol. The van der Waals surface area contributed by atoms with E-state index < -0.39 is 47.6 Å². The third-order valence-electron chi connectivity index (χ3n) is 10.8. The number of rotatable bonds is 2. The Morgan fingerprint density at radius 3 is 2.02 bits per heavy atom. The van der Waals surface area contributed by atoms with Crippen molar-refractivity contribution in [2.24, 2.45) is 35.0 Å². The topological polar surface area (TPSA) is 105 Å². The van der Waals surface area contributed by atoms with E-state index in [0.717, 1.165) is 11.1 Å². The fourth-order valence-corrected chi connectivity index (χ4v) is 9.35. The maximum absolute atomic E-state index is 14.8. The number of ether oxygens (including phenoxy) is 4. The summed E-state index contributed by atoms with van der Waals surface area (Å²) in [5, 5.41) is 0. The molecule has 1 saturated carbocycles. The maximum atomic E-state index is 14.8. The van der Waals surface area contributed by atoms with E-state index in [1.807, 2.05) is 66.7 Å². The Morgan fingerprint density at radius 1 is 0.667 bits per heavy atom. The molecule has 8 aliphatic rings. The zero-order chi connectivity index (χ0) is 28.3. The lowest BCUT2D eigenvalue weighted by atomic mass is 9.41. The van der Waals surface area contributed by atoms with Crippen molar-refractivity contribution < 1.29 is 38.1 Å². The quantitative estimate of drug-likeness (QED) is 0.497. The molecule has 4 aliphatic heterocycles. The number of benzene rings is 2. The molecular weight excluding hydrogens is 536 g/mol. The van der Waals surface area contributed by atoms with Gasteiger partial charge in [0.1, 0.15) is 41.3 Å². The molecule has 1 spiro atoms. The lowest BCUT2D eigenvalue weighted by Gasteiger charge is -2.63. The SMILES string of the molecule is O=C1C[C@@H]2C3=C(O[C@@H](c4ccccc4)CC3=O)C3[C@@H](C4C=C5O[C@H](c6ccccc6)CC(=O)C53[C@H]3CC(=O)O[C@@H]43)[C@@H]2O1. The van der Waals surface area contributed by atoms with Gasteiger partial charge >= 0.3 is 11.9 Å². The summed E-state index contributed by atoms with van der Waals surface area (Å²) in [7, 11) is 0. The first-order valence-electron chi connectivity index (χ1n) is 14.8. The van der Waals surface area contributed by atoms with Gasteiger partial charge in [0.25, 0.3) is 0 Å². The fraction of sp³-hybridized carbons (Fsp3) is 0.412. The zero-order valence-corrected chi connectivity index (χ0v) is 22.6. The van der Waals surface area contributed by atoms with Gasteiger partial charge in [-0.05, 0) is 17.2 Å². The van der Waals surface area contributed by atoms with Crippen LogP contribution in [0.4, 0.5) is 0 Å². The van der Waals surface area contributed by atoms with Crippen LogP contribution in [0.25, 0.3) is 0 Å². The van der Waals surface area contributed by atoms with Gasteiger partial charge in [0.2, 0.25) is 0 Å². The molecule has 0 N–H and O–H groups in total. The number of esters is 2. The number of hydrogen-bond acceptors (Lipinski definition) is 8. The molecule has 212 valence electrons. The van der Waals surface area contributed by atoms with Crippen molar-refractivity contribution in [1.82, 2.24) is 0 Å². The van der Waals surface area contributed by atoms with Crippen molar-refractivity contribution in [1.29, 1.82) is 0 Å². The normalized spacial score (nSPS) is 40.9. The van der Waals surface area contributed by atoms with Gasteiger partial charge in [-0.25, -0.2) is 0 Å².